The number of nitrogens with zero attached hydrogens (tertiary/aromatic N) is 3. The number of guanidine groups is 1. The molecule has 3 heterocycles. The molecule has 0 spiro atoms. The average Bonchev–Trinajstić information content (AvgIpc) is 3.36. The van der Waals surface area contributed by atoms with Gasteiger partial charge in [-0.05, 0) is 43.2 Å². The van der Waals surface area contributed by atoms with Crippen molar-refractivity contribution in [1.82, 2.24) is 15.6 Å². The Morgan fingerprint density at radius 3 is 3.14 bits per heavy atom. The fraction of sp³-hybridized carbons (Fsp3) is 0.400. The molecule has 2 aliphatic rings. The second kappa shape index (κ2) is 8.73. The quantitative estimate of drug-likeness (QED) is 0.573. The van der Waals surface area contributed by atoms with Crippen LogP contribution >= 0.6 is 11.6 Å². The van der Waals surface area contributed by atoms with Crippen LogP contribution in [0.15, 0.2) is 35.5 Å². The molecule has 4 rings (SSSR count). The highest BCUT2D eigenvalue weighted by atomic mass is 35.5. The number of ether oxygens (including phenoxy) is 2. The molecule has 1 aromatic carbocycles. The van der Waals surface area contributed by atoms with E-state index >= 15 is 0 Å². The molecule has 1 saturated heterocycles. The lowest BCUT2D eigenvalue weighted by atomic mass is 10.2. The number of nitrogens with one attached hydrogen (secondary N) is 2. The Bertz CT molecular complexity index is 910. The van der Waals surface area contributed by atoms with Gasteiger partial charge in [0.05, 0.1) is 11.6 Å². The van der Waals surface area contributed by atoms with Gasteiger partial charge in [-0.1, -0.05) is 11.6 Å². The second-order valence-corrected chi connectivity index (χ2v) is 7.30. The fourth-order valence-electron chi connectivity index (χ4n) is 3.48. The first-order valence-electron chi connectivity index (χ1n) is 9.62. The summed E-state index contributed by atoms with van der Waals surface area (Å²) >= 11 is 6.25. The van der Waals surface area contributed by atoms with Crippen molar-refractivity contribution in [2.24, 2.45) is 4.99 Å². The summed E-state index contributed by atoms with van der Waals surface area (Å²) in [5, 5.41) is 7.21. The Balaban J connectivity index is 1.41. The van der Waals surface area contributed by atoms with E-state index in [1.54, 1.807) is 12.3 Å². The van der Waals surface area contributed by atoms with E-state index < -0.39 is 0 Å². The highest BCUT2D eigenvalue weighted by Gasteiger charge is 2.26. The minimum Gasteiger partial charge on any atom is -0.454 e. The molecule has 0 amide bonds. The number of aromatic nitrogens is 1. The van der Waals surface area contributed by atoms with Gasteiger partial charge < -0.3 is 25.0 Å². The van der Waals surface area contributed by atoms with Crippen molar-refractivity contribution >= 4 is 23.4 Å². The third kappa shape index (κ3) is 4.48. The first-order valence-corrected chi connectivity index (χ1v) is 10.00. The summed E-state index contributed by atoms with van der Waals surface area (Å²) in [4.78, 5) is 10.8. The summed E-state index contributed by atoms with van der Waals surface area (Å²) in [7, 11) is 0. The predicted molar refractivity (Wildman–Crippen MR) is 110 cm³/mol. The average molecular weight is 420 g/mol. The van der Waals surface area contributed by atoms with Gasteiger partial charge in [-0.15, -0.1) is 0 Å². The summed E-state index contributed by atoms with van der Waals surface area (Å²) in [5.74, 6) is 2.03. The third-order valence-electron chi connectivity index (χ3n) is 4.82. The maximum absolute atomic E-state index is 14.0. The lowest BCUT2D eigenvalue weighted by Gasteiger charge is -2.20. The molecular formula is C20H23ClFN5O2. The maximum atomic E-state index is 14.0. The van der Waals surface area contributed by atoms with Crippen LogP contribution in [0.3, 0.4) is 0 Å². The van der Waals surface area contributed by atoms with E-state index in [0.29, 0.717) is 41.4 Å². The molecule has 0 bridgehead atoms. The molecule has 29 heavy (non-hydrogen) atoms. The molecule has 154 valence electrons. The zero-order valence-corrected chi connectivity index (χ0v) is 16.9. The molecule has 1 fully saturated rings. The Kier molecular flexibility index (Phi) is 5.89. The van der Waals surface area contributed by atoms with Crippen LogP contribution in [0.2, 0.25) is 5.02 Å². The summed E-state index contributed by atoms with van der Waals surface area (Å²) in [5.41, 5.74) is 0.931. The van der Waals surface area contributed by atoms with Crippen molar-refractivity contribution in [2.75, 3.05) is 31.3 Å². The van der Waals surface area contributed by atoms with Crippen molar-refractivity contribution < 1.29 is 13.9 Å². The molecule has 2 N–H and O–H groups in total. The number of rotatable bonds is 5. The zero-order valence-electron chi connectivity index (χ0n) is 16.1. The third-order valence-corrected chi connectivity index (χ3v) is 5.10. The van der Waals surface area contributed by atoms with Crippen LogP contribution in [-0.4, -0.2) is 43.4 Å². The molecule has 1 unspecified atom stereocenters. The van der Waals surface area contributed by atoms with Crippen LogP contribution in [0.25, 0.3) is 0 Å². The fourth-order valence-corrected chi connectivity index (χ4v) is 3.76. The molecule has 0 aliphatic carbocycles. The van der Waals surface area contributed by atoms with Gasteiger partial charge in [-0.3, -0.25) is 0 Å². The van der Waals surface area contributed by atoms with Gasteiger partial charge in [0.2, 0.25) is 6.79 Å². The smallest absolute Gasteiger partial charge is 0.231 e. The highest BCUT2D eigenvalue weighted by Crippen LogP contribution is 2.39. The van der Waals surface area contributed by atoms with E-state index in [2.05, 4.69) is 20.6 Å². The lowest BCUT2D eigenvalue weighted by molar-refractivity contribution is 0.174. The molecule has 7 nitrogen and oxygen atoms in total. The summed E-state index contributed by atoms with van der Waals surface area (Å²) in [6.45, 7) is 4.77. The largest absolute Gasteiger partial charge is 0.454 e. The molecule has 0 saturated carbocycles. The van der Waals surface area contributed by atoms with E-state index in [-0.39, 0.29) is 18.7 Å². The Hall–Kier alpha value is -2.74. The molecule has 0 radical (unpaired) electrons. The SMILES string of the molecule is CCNC(=NCc1cc(Cl)c2c(c1)OCO2)NC1CCN(c2ncccc2F)C1. The van der Waals surface area contributed by atoms with Crippen LogP contribution < -0.4 is 25.0 Å². The van der Waals surface area contributed by atoms with Crippen LogP contribution in [0.5, 0.6) is 11.5 Å². The summed E-state index contributed by atoms with van der Waals surface area (Å²) in [6, 6.07) is 6.91. The van der Waals surface area contributed by atoms with Crippen LogP contribution in [0.1, 0.15) is 18.9 Å². The number of halogens is 2. The number of benzene rings is 1. The number of anilines is 1. The first kappa shape index (κ1) is 19.6. The number of pyridine rings is 1. The van der Waals surface area contributed by atoms with Gasteiger partial charge in [-0.2, -0.15) is 0 Å². The Morgan fingerprint density at radius 2 is 2.31 bits per heavy atom. The van der Waals surface area contributed by atoms with E-state index in [9.17, 15) is 4.39 Å². The topological polar surface area (TPSA) is 71.0 Å². The molecule has 2 aromatic rings. The second-order valence-electron chi connectivity index (χ2n) is 6.89. The highest BCUT2D eigenvalue weighted by molar-refractivity contribution is 6.32. The lowest BCUT2D eigenvalue weighted by Crippen LogP contribution is -2.44. The molecular weight excluding hydrogens is 397 g/mol. The molecule has 2 aliphatic heterocycles. The standard InChI is InChI=1S/C20H23ClFN5O2/c1-2-23-20(25-10-13-8-15(21)18-17(9-13)28-12-29-18)26-14-5-7-27(11-14)19-16(22)4-3-6-24-19/h3-4,6,8-9,14H,2,5,7,10-12H2,1H3,(H2,23,25,26). The van der Waals surface area contributed by atoms with Crippen LogP contribution in [0.4, 0.5) is 10.2 Å². The number of aliphatic imine (C=N–C) groups is 1. The minimum atomic E-state index is -0.298. The van der Waals surface area contributed by atoms with Crippen LogP contribution in [-0.2, 0) is 6.54 Å². The van der Waals surface area contributed by atoms with Gasteiger partial charge in [0.1, 0.15) is 0 Å². The summed E-state index contributed by atoms with van der Waals surface area (Å²) < 4.78 is 24.8. The number of hydrogen-bond donors (Lipinski definition) is 2. The van der Waals surface area contributed by atoms with Gasteiger partial charge in [-0.25, -0.2) is 14.4 Å². The normalized spacial score (nSPS) is 18.2. The monoisotopic (exact) mass is 419 g/mol. The zero-order chi connectivity index (χ0) is 20.2. The number of fused-ring (bicyclic) bond motifs is 1. The predicted octanol–water partition coefficient (Wildman–Crippen LogP) is 2.94. The van der Waals surface area contributed by atoms with Crippen molar-refractivity contribution in [3.8, 4) is 11.5 Å². The Morgan fingerprint density at radius 1 is 1.41 bits per heavy atom. The maximum Gasteiger partial charge on any atom is 0.231 e. The number of hydrogen-bond acceptors (Lipinski definition) is 5. The van der Waals surface area contributed by atoms with Gasteiger partial charge in [0.15, 0.2) is 29.1 Å². The van der Waals surface area contributed by atoms with E-state index in [1.165, 1.54) is 6.07 Å². The van der Waals surface area contributed by atoms with Gasteiger partial charge in [0, 0.05) is 31.9 Å². The van der Waals surface area contributed by atoms with E-state index in [4.69, 9.17) is 21.1 Å². The first-order chi connectivity index (χ1) is 14.1. The molecule has 1 aromatic heterocycles. The van der Waals surface area contributed by atoms with Crippen molar-refractivity contribution in [1.29, 1.82) is 0 Å². The molecule has 9 heteroatoms. The summed E-state index contributed by atoms with van der Waals surface area (Å²) in [6.07, 6.45) is 2.48. The molecule has 1 atom stereocenters. The van der Waals surface area contributed by atoms with Crippen LogP contribution in [0, 0.1) is 5.82 Å². The minimum absolute atomic E-state index is 0.148. The van der Waals surface area contributed by atoms with Crippen molar-refractivity contribution in [3.05, 3.63) is 46.9 Å². The van der Waals surface area contributed by atoms with Gasteiger partial charge >= 0.3 is 0 Å². The van der Waals surface area contributed by atoms with Gasteiger partial charge in [0.25, 0.3) is 0 Å². The van der Waals surface area contributed by atoms with E-state index in [0.717, 1.165) is 25.1 Å². The van der Waals surface area contributed by atoms with Crippen molar-refractivity contribution in [3.63, 3.8) is 0 Å². The Labute approximate surface area is 173 Å². The van der Waals surface area contributed by atoms with E-state index in [1.807, 2.05) is 24.0 Å². The van der Waals surface area contributed by atoms with Crippen molar-refractivity contribution in [2.45, 2.75) is 25.9 Å².